The van der Waals surface area contributed by atoms with Crippen molar-refractivity contribution in [1.82, 2.24) is 0 Å². The molecule has 3 aromatic carbocycles. The molecule has 3 rings (SSSR count). The smallest absolute Gasteiger partial charge is 0.134 e. The Bertz CT molecular complexity index is 844. The monoisotopic (exact) mass is 318 g/mol. The minimum Gasteiger partial charge on any atom is -0.206 e. The van der Waals surface area contributed by atoms with E-state index in [1.807, 2.05) is 30.3 Å². The maximum absolute atomic E-state index is 14.6. The van der Waals surface area contributed by atoms with E-state index < -0.39 is 0 Å². The van der Waals surface area contributed by atoms with Crippen molar-refractivity contribution in [2.45, 2.75) is 32.6 Å². The van der Waals surface area contributed by atoms with Crippen molar-refractivity contribution in [2.24, 2.45) is 0 Å². The zero-order valence-electron chi connectivity index (χ0n) is 14.2. The summed E-state index contributed by atoms with van der Waals surface area (Å²) in [6.07, 6.45) is 5.59. The van der Waals surface area contributed by atoms with Gasteiger partial charge in [-0.1, -0.05) is 68.0 Å². The Morgan fingerprint density at radius 2 is 1.67 bits per heavy atom. The average Bonchev–Trinajstić information content (AvgIpc) is 2.62. The lowest BCUT2D eigenvalue weighted by Crippen LogP contribution is -1.92. The molecule has 0 amide bonds. The molecule has 0 aliphatic heterocycles. The molecule has 122 valence electrons. The van der Waals surface area contributed by atoms with Gasteiger partial charge in [0, 0.05) is 5.39 Å². The van der Waals surface area contributed by atoms with Gasteiger partial charge in [0.2, 0.25) is 0 Å². The number of halogens is 1. The summed E-state index contributed by atoms with van der Waals surface area (Å²) in [5, 5.41) is 1.65. The molecule has 0 aromatic heterocycles. The molecule has 0 radical (unpaired) electrons. The fourth-order valence-corrected chi connectivity index (χ4v) is 3.12. The highest BCUT2D eigenvalue weighted by molar-refractivity contribution is 5.88. The molecular formula is C23H23F. The highest BCUT2D eigenvalue weighted by Crippen LogP contribution is 2.28. The standard InChI is InChI=1S/C23H23F/c1-3-5-7-19-12-13-21-16-20(14-15-22(21)23(19)24)18-10-8-17(6-4-2)9-11-18/h3,8-16H,1,4-7H2,2H3. The molecule has 0 bridgehead atoms. The molecule has 0 aliphatic rings. The molecule has 0 saturated carbocycles. The number of hydrogen-bond acceptors (Lipinski definition) is 0. The Hall–Kier alpha value is -2.41. The average molecular weight is 318 g/mol. The lowest BCUT2D eigenvalue weighted by molar-refractivity contribution is 0.621. The van der Waals surface area contributed by atoms with Crippen LogP contribution in [0.2, 0.25) is 0 Å². The van der Waals surface area contributed by atoms with Crippen molar-refractivity contribution >= 4 is 10.8 Å². The summed E-state index contributed by atoms with van der Waals surface area (Å²) < 4.78 is 14.6. The SMILES string of the molecule is C=CCCc1ccc2cc(-c3ccc(CCC)cc3)ccc2c1F. The van der Waals surface area contributed by atoms with Crippen molar-refractivity contribution < 1.29 is 4.39 Å². The van der Waals surface area contributed by atoms with Gasteiger partial charge in [0.1, 0.15) is 5.82 Å². The van der Waals surface area contributed by atoms with Crippen molar-refractivity contribution in [1.29, 1.82) is 0 Å². The number of allylic oxidation sites excluding steroid dienone is 1. The van der Waals surface area contributed by atoms with E-state index >= 15 is 0 Å². The molecule has 0 nitrogen and oxygen atoms in total. The summed E-state index contributed by atoms with van der Waals surface area (Å²) in [7, 11) is 0. The predicted molar refractivity (Wildman–Crippen MR) is 102 cm³/mol. The Labute approximate surface area is 143 Å². The van der Waals surface area contributed by atoms with Gasteiger partial charge in [-0.2, -0.15) is 0 Å². The van der Waals surface area contributed by atoms with Crippen LogP contribution in [0.15, 0.2) is 67.3 Å². The Balaban J connectivity index is 1.95. The molecule has 0 aliphatic carbocycles. The van der Waals surface area contributed by atoms with Gasteiger partial charge in [-0.3, -0.25) is 0 Å². The number of benzene rings is 3. The third-order valence-electron chi connectivity index (χ3n) is 4.48. The lowest BCUT2D eigenvalue weighted by atomic mass is 9.97. The van der Waals surface area contributed by atoms with Crippen LogP contribution < -0.4 is 0 Å². The van der Waals surface area contributed by atoms with E-state index in [0.717, 1.165) is 35.8 Å². The van der Waals surface area contributed by atoms with Gasteiger partial charge >= 0.3 is 0 Å². The topological polar surface area (TPSA) is 0 Å². The summed E-state index contributed by atoms with van der Waals surface area (Å²) in [4.78, 5) is 0. The molecule has 3 aromatic rings. The van der Waals surface area contributed by atoms with Gasteiger partial charge in [-0.05, 0) is 53.0 Å². The number of aryl methyl sites for hydroxylation is 2. The van der Waals surface area contributed by atoms with Crippen LogP contribution in [0.4, 0.5) is 4.39 Å². The van der Waals surface area contributed by atoms with E-state index in [1.54, 1.807) is 0 Å². The van der Waals surface area contributed by atoms with Crippen molar-refractivity contribution in [3.63, 3.8) is 0 Å². The minimum atomic E-state index is -0.0980. The quantitative estimate of drug-likeness (QED) is 0.443. The fraction of sp³-hybridized carbons (Fsp3) is 0.217. The molecule has 0 heterocycles. The van der Waals surface area contributed by atoms with Gasteiger partial charge in [-0.15, -0.1) is 6.58 Å². The summed E-state index contributed by atoms with van der Waals surface area (Å²) in [5.74, 6) is -0.0980. The second kappa shape index (κ2) is 7.44. The molecule has 0 unspecified atom stereocenters. The Morgan fingerprint density at radius 3 is 2.38 bits per heavy atom. The van der Waals surface area contributed by atoms with Crippen LogP contribution in [0.3, 0.4) is 0 Å². The maximum Gasteiger partial charge on any atom is 0.134 e. The number of fused-ring (bicyclic) bond motifs is 1. The van der Waals surface area contributed by atoms with Crippen LogP contribution in [0.25, 0.3) is 21.9 Å². The Morgan fingerprint density at radius 1 is 0.917 bits per heavy atom. The van der Waals surface area contributed by atoms with Crippen LogP contribution >= 0.6 is 0 Å². The zero-order chi connectivity index (χ0) is 16.9. The first kappa shape index (κ1) is 16.4. The van der Waals surface area contributed by atoms with E-state index in [2.05, 4.69) is 43.8 Å². The van der Waals surface area contributed by atoms with Gasteiger partial charge in [0.25, 0.3) is 0 Å². The molecule has 0 fully saturated rings. The summed E-state index contributed by atoms with van der Waals surface area (Å²) in [5.41, 5.74) is 4.43. The molecule has 0 saturated heterocycles. The molecule has 24 heavy (non-hydrogen) atoms. The number of hydrogen-bond donors (Lipinski definition) is 0. The second-order valence-corrected chi connectivity index (χ2v) is 6.25. The van der Waals surface area contributed by atoms with E-state index in [0.29, 0.717) is 11.8 Å². The highest BCUT2D eigenvalue weighted by atomic mass is 19.1. The maximum atomic E-state index is 14.6. The van der Waals surface area contributed by atoms with Crippen LogP contribution in [-0.2, 0) is 12.8 Å². The van der Waals surface area contributed by atoms with Gasteiger partial charge in [-0.25, -0.2) is 4.39 Å². The van der Waals surface area contributed by atoms with Gasteiger partial charge < -0.3 is 0 Å². The van der Waals surface area contributed by atoms with Crippen molar-refractivity contribution in [3.8, 4) is 11.1 Å². The summed E-state index contributed by atoms with van der Waals surface area (Å²) >= 11 is 0. The second-order valence-electron chi connectivity index (χ2n) is 6.25. The highest BCUT2D eigenvalue weighted by Gasteiger charge is 2.08. The zero-order valence-corrected chi connectivity index (χ0v) is 14.2. The molecule has 1 heteroatoms. The van der Waals surface area contributed by atoms with Gasteiger partial charge in [0.15, 0.2) is 0 Å². The first-order valence-electron chi connectivity index (χ1n) is 8.64. The third kappa shape index (κ3) is 3.41. The minimum absolute atomic E-state index is 0.0980. The predicted octanol–water partition coefficient (Wildman–Crippen LogP) is 6.72. The van der Waals surface area contributed by atoms with Crippen molar-refractivity contribution in [3.05, 3.63) is 84.2 Å². The van der Waals surface area contributed by atoms with Crippen LogP contribution in [0, 0.1) is 5.82 Å². The first-order chi connectivity index (χ1) is 11.7. The number of rotatable bonds is 6. The summed E-state index contributed by atoms with van der Waals surface area (Å²) in [6, 6.07) is 18.6. The first-order valence-corrected chi connectivity index (χ1v) is 8.64. The molecule has 0 atom stereocenters. The van der Waals surface area contributed by atoms with Gasteiger partial charge in [0.05, 0.1) is 0 Å². The Kier molecular flexibility index (Phi) is 5.10. The molecule has 0 N–H and O–H groups in total. The largest absolute Gasteiger partial charge is 0.206 e. The third-order valence-corrected chi connectivity index (χ3v) is 4.48. The van der Waals surface area contributed by atoms with Crippen LogP contribution in [0.5, 0.6) is 0 Å². The molecular weight excluding hydrogens is 295 g/mol. The van der Waals surface area contributed by atoms with E-state index in [4.69, 9.17) is 0 Å². The van der Waals surface area contributed by atoms with E-state index in [1.165, 1.54) is 11.1 Å². The van der Waals surface area contributed by atoms with Crippen molar-refractivity contribution in [2.75, 3.05) is 0 Å². The van der Waals surface area contributed by atoms with Crippen LogP contribution in [0.1, 0.15) is 30.9 Å². The molecule has 0 spiro atoms. The normalized spacial score (nSPS) is 10.9. The van der Waals surface area contributed by atoms with E-state index in [-0.39, 0.29) is 5.82 Å². The van der Waals surface area contributed by atoms with E-state index in [9.17, 15) is 4.39 Å². The summed E-state index contributed by atoms with van der Waals surface area (Å²) in [6.45, 7) is 5.90. The van der Waals surface area contributed by atoms with Crippen LogP contribution in [-0.4, -0.2) is 0 Å². The lowest BCUT2D eigenvalue weighted by Gasteiger charge is -2.09. The fourth-order valence-electron chi connectivity index (χ4n) is 3.12.